The Labute approximate surface area is 264 Å². The van der Waals surface area contributed by atoms with Crippen LogP contribution in [0, 0.1) is 48.5 Å². The van der Waals surface area contributed by atoms with E-state index >= 15 is 0 Å². The van der Waals surface area contributed by atoms with Crippen molar-refractivity contribution in [1.82, 2.24) is 24.9 Å². The second-order valence-electron chi connectivity index (χ2n) is 8.59. The first-order chi connectivity index (χ1) is 19.5. The molecule has 5 aromatic heterocycles. The Morgan fingerprint density at radius 3 is 1.29 bits per heavy atom. The molecule has 0 atom stereocenters. The Hall–Kier alpha value is -3.67. The van der Waals surface area contributed by atoms with Crippen molar-refractivity contribution in [1.29, 1.82) is 0 Å². The lowest BCUT2D eigenvalue weighted by Gasteiger charge is -1.90. The van der Waals surface area contributed by atoms with Gasteiger partial charge >= 0.3 is 0 Å². The number of nitrogens with zero attached hydrogens (tertiary/aromatic N) is 5. The fourth-order valence-electron chi connectivity index (χ4n) is 2.77. The summed E-state index contributed by atoms with van der Waals surface area (Å²) < 4.78 is 0. The Kier molecular flexibility index (Phi) is 24.2. The van der Waals surface area contributed by atoms with Crippen molar-refractivity contribution in [3.63, 3.8) is 0 Å². The number of rotatable bonds is 0. The molecule has 226 valence electrons. The molecule has 0 spiro atoms. The highest BCUT2D eigenvalue weighted by molar-refractivity contribution is 6.30. The smallest absolute Gasteiger partial charge is 0.129 e. The largest absolute Gasteiger partial charge is 0.262 e. The Bertz CT molecular complexity index is 1170. The number of hydrogen-bond acceptors (Lipinski definition) is 5. The maximum Gasteiger partial charge on any atom is 0.129 e. The lowest BCUT2D eigenvalue weighted by molar-refractivity contribution is 1.12. The molecule has 0 unspecified atom stereocenters. The summed E-state index contributed by atoms with van der Waals surface area (Å²) in [7, 11) is 0. The van der Waals surface area contributed by atoms with E-state index in [4.69, 9.17) is 23.2 Å². The molecule has 42 heavy (non-hydrogen) atoms. The third kappa shape index (κ3) is 23.1. The van der Waals surface area contributed by atoms with Gasteiger partial charge < -0.3 is 0 Å². The molecule has 7 heteroatoms. The first-order valence-corrected chi connectivity index (χ1v) is 14.1. The summed E-state index contributed by atoms with van der Waals surface area (Å²) in [5.74, 6) is 0. The molecule has 0 aromatic carbocycles. The molecule has 0 N–H and O–H groups in total. The van der Waals surface area contributed by atoms with Crippen molar-refractivity contribution < 1.29 is 0 Å². The number of halogens is 2. The minimum Gasteiger partial charge on any atom is -0.262 e. The third-order valence-corrected chi connectivity index (χ3v) is 5.06. The Morgan fingerprint density at radius 1 is 0.476 bits per heavy atom. The molecule has 0 saturated heterocycles. The zero-order valence-electron chi connectivity index (χ0n) is 25.7. The average molecular weight is 609 g/mol. The maximum absolute atomic E-state index is 5.55. The van der Waals surface area contributed by atoms with Gasteiger partial charge in [0.15, 0.2) is 0 Å². The molecular weight excluding hydrogens is 561 g/mol. The van der Waals surface area contributed by atoms with Gasteiger partial charge in [0.05, 0.1) is 5.02 Å². The van der Waals surface area contributed by atoms with Gasteiger partial charge in [0.2, 0.25) is 0 Å². The molecule has 0 radical (unpaired) electrons. The Morgan fingerprint density at radius 2 is 1.00 bits per heavy atom. The quantitative estimate of drug-likeness (QED) is 0.164. The van der Waals surface area contributed by atoms with Gasteiger partial charge in [-0.15, -0.1) is 0 Å². The first kappa shape index (κ1) is 40.5. The van der Waals surface area contributed by atoms with E-state index in [1.807, 2.05) is 128 Å². The lowest BCUT2D eigenvalue weighted by atomic mass is 10.3. The van der Waals surface area contributed by atoms with Crippen molar-refractivity contribution in [2.45, 2.75) is 69.7 Å². The summed E-state index contributed by atoms with van der Waals surface area (Å²) in [4.78, 5) is 20.1. The van der Waals surface area contributed by atoms with Gasteiger partial charge in [-0.25, -0.2) is 4.98 Å². The summed E-state index contributed by atoms with van der Waals surface area (Å²) in [5, 5.41) is 1.25. The predicted octanol–water partition coefficient (Wildman–Crippen LogP) is 10.5. The number of aryl methyl sites for hydroxylation is 7. The van der Waals surface area contributed by atoms with E-state index in [2.05, 4.69) is 37.9 Å². The van der Waals surface area contributed by atoms with E-state index in [1.54, 1.807) is 18.5 Å². The van der Waals surface area contributed by atoms with Gasteiger partial charge in [0.25, 0.3) is 0 Å². The molecule has 0 aliphatic heterocycles. The third-order valence-electron chi connectivity index (χ3n) is 4.62. The second-order valence-corrected chi connectivity index (χ2v) is 9.41. The molecule has 0 saturated carbocycles. The molecule has 0 amide bonds. The van der Waals surface area contributed by atoms with Crippen LogP contribution >= 0.6 is 23.2 Å². The molecule has 5 aromatic rings. The zero-order chi connectivity index (χ0) is 31.0. The average Bonchev–Trinajstić information content (AvgIpc) is 2.93. The van der Waals surface area contributed by atoms with E-state index in [-0.39, 0.29) is 7.43 Å². The Balaban J connectivity index is 0. The van der Waals surface area contributed by atoms with Gasteiger partial charge in [-0.3, -0.25) is 19.9 Å². The topological polar surface area (TPSA) is 64.5 Å². The summed E-state index contributed by atoms with van der Waals surface area (Å²) >= 11 is 11.1. The predicted molar refractivity (Wildman–Crippen MR) is 182 cm³/mol. The van der Waals surface area contributed by atoms with Crippen molar-refractivity contribution in [2.75, 3.05) is 0 Å². The van der Waals surface area contributed by atoms with Crippen LogP contribution < -0.4 is 0 Å². The van der Waals surface area contributed by atoms with Crippen LogP contribution in [0.1, 0.15) is 61.0 Å². The molecule has 5 nitrogen and oxygen atoms in total. The van der Waals surface area contributed by atoms with E-state index in [9.17, 15) is 0 Å². The monoisotopic (exact) mass is 607 g/mol. The fraction of sp³-hybridized carbons (Fsp3) is 0.286. The molecule has 0 bridgehead atoms. The minimum absolute atomic E-state index is 0. The first-order valence-electron chi connectivity index (χ1n) is 13.4. The van der Waals surface area contributed by atoms with Crippen molar-refractivity contribution in [2.24, 2.45) is 0 Å². The molecule has 5 heterocycles. The number of hydrogen-bond donors (Lipinski definition) is 0. The molecule has 0 aliphatic carbocycles. The maximum atomic E-state index is 5.55. The van der Waals surface area contributed by atoms with Crippen LogP contribution in [0.5, 0.6) is 0 Å². The van der Waals surface area contributed by atoms with E-state index in [0.29, 0.717) is 10.2 Å². The highest BCUT2D eigenvalue weighted by Gasteiger charge is 1.85. The van der Waals surface area contributed by atoms with Gasteiger partial charge in [0.1, 0.15) is 5.15 Å². The van der Waals surface area contributed by atoms with Crippen molar-refractivity contribution >= 4 is 23.2 Å². The van der Waals surface area contributed by atoms with Crippen LogP contribution in [-0.2, 0) is 0 Å². The molecule has 0 fully saturated rings. The van der Waals surface area contributed by atoms with Crippen LogP contribution in [0.2, 0.25) is 10.2 Å². The highest BCUT2D eigenvalue weighted by atomic mass is 35.5. The van der Waals surface area contributed by atoms with Gasteiger partial charge in [-0.1, -0.05) is 62.7 Å². The van der Waals surface area contributed by atoms with E-state index < -0.39 is 0 Å². The summed E-state index contributed by atoms with van der Waals surface area (Å²) in [6.45, 7) is 17.9. The summed E-state index contributed by atoms with van der Waals surface area (Å²) in [6, 6.07) is 25.2. The SMILES string of the molecule is C.CC.Cc1ccc(Cl)cn1.Cc1cccc(C)n1.Cc1cccc(Cl)n1.Cc1ccccn1.Cc1ccnc(C)c1. The van der Waals surface area contributed by atoms with Crippen molar-refractivity contribution in [3.05, 3.63) is 147 Å². The molecule has 5 rings (SSSR count). The summed E-state index contributed by atoms with van der Waals surface area (Å²) in [5.41, 5.74) is 7.56. The fourth-order valence-corrected chi connectivity index (χ4v) is 3.09. The van der Waals surface area contributed by atoms with Crippen LogP contribution in [0.4, 0.5) is 0 Å². The minimum atomic E-state index is 0. The van der Waals surface area contributed by atoms with E-state index in [0.717, 1.165) is 34.2 Å². The standard InChI is InChI=1S/2C7H9N.2C6H6ClN.C6H7N.C2H6.CH4/c1-6-3-4-8-7(2)5-6;1-6-4-3-5-7(2)8-6;1-5-2-3-6(7)4-8-5;1-5-3-2-4-6(7)8-5;1-6-4-2-3-5-7-6;1-2;/h2*3-5H,1-2H3;2*2-4H,1H3;2-5H,1H3;1-2H3;1H4. The lowest BCUT2D eigenvalue weighted by Crippen LogP contribution is -1.81. The van der Waals surface area contributed by atoms with Crippen molar-refractivity contribution in [3.8, 4) is 0 Å². The number of aromatic nitrogens is 5. The molecular formula is C35H47Cl2N5. The molecule has 0 aliphatic rings. The normalized spacial score (nSPS) is 8.64. The summed E-state index contributed by atoms with van der Waals surface area (Å²) in [6.07, 6.45) is 5.25. The van der Waals surface area contributed by atoms with Crippen LogP contribution in [0.15, 0.2) is 97.5 Å². The van der Waals surface area contributed by atoms with Gasteiger partial charge in [-0.05, 0) is 115 Å². The van der Waals surface area contributed by atoms with Gasteiger partial charge in [0, 0.05) is 52.8 Å². The zero-order valence-corrected chi connectivity index (χ0v) is 27.2. The highest BCUT2D eigenvalue weighted by Crippen LogP contribution is 2.04. The second kappa shape index (κ2) is 25.1. The van der Waals surface area contributed by atoms with Crippen LogP contribution in [0.3, 0.4) is 0 Å². The number of pyridine rings is 5. The van der Waals surface area contributed by atoms with Crippen LogP contribution in [0.25, 0.3) is 0 Å². The van der Waals surface area contributed by atoms with Gasteiger partial charge in [-0.2, -0.15) is 0 Å². The van der Waals surface area contributed by atoms with E-state index in [1.165, 1.54) is 5.56 Å². The van der Waals surface area contributed by atoms with Crippen LogP contribution in [-0.4, -0.2) is 24.9 Å².